The second-order valence-corrected chi connectivity index (χ2v) is 4.67. The van der Waals surface area contributed by atoms with Gasteiger partial charge in [0.05, 0.1) is 5.60 Å². The maximum atomic E-state index is 13.7. The molecule has 3 heteroatoms. The molecule has 1 nitrogen and oxygen atoms in total. The molecule has 0 heterocycles. The molecule has 0 aromatic heterocycles. The SMILES string of the molecule is CC1CCCCC1(O)c1cccc(F)c1F. The Morgan fingerprint density at radius 2 is 2.06 bits per heavy atom. The number of halogens is 2. The lowest BCUT2D eigenvalue weighted by atomic mass is 9.72. The molecule has 1 aromatic carbocycles. The van der Waals surface area contributed by atoms with Gasteiger partial charge < -0.3 is 5.11 Å². The standard InChI is InChI=1S/C13H16F2O/c1-9-5-2-3-8-13(9,16)10-6-4-7-11(14)12(10)15/h4,6-7,9,16H,2-3,5,8H2,1H3. The van der Waals surface area contributed by atoms with E-state index in [1.54, 1.807) is 0 Å². The van der Waals surface area contributed by atoms with Crippen LogP contribution in [0.4, 0.5) is 8.78 Å². The van der Waals surface area contributed by atoms with E-state index >= 15 is 0 Å². The summed E-state index contributed by atoms with van der Waals surface area (Å²) in [5, 5.41) is 10.5. The van der Waals surface area contributed by atoms with Crippen LogP contribution in [-0.2, 0) is 5.60 Å². The highest BCUT2D eigenvalue weighted by molar-refractivity contribution is 5.26. The molecule has 0 radical (unpaired) electrons. The second-order valence-electron chi connectivity index (χ2n) is 4.67. The minimum atomic E-state index is -1.20. The fraction of sp³-hybridized carbons (Fsp3) is 0.538. The van der Waals surface area contributed by atoms with Crippen molar-refractivity contribution in [3.05, 3.63) is 35.4 Å². The molecule has 1 saturated carbocycles. The molecule has 1 aromatic rings. The Morgan fingerprint density at radius 3 is 2.75 bits per heavy atom. The van der Waals surface area contributed by atoms with E-state index in [2.05, 4.69) is 0 Å². The zero-order chi connectivity index (χ0) is 11.8. The van der Waals surface area contributed by atoms with Crippen molar-refractivity contribution in [2.45, 2.75) is 38.2 Å². The topological polar surface area (TPSA) is 20.2 Å². The summed E-state index contributed by atoms with van der Waals surface area (Å²) in [6.45, 7) is 1.89. The molecule has 2 rings (SSSR count). The fourth-order valence-corrected chi connectivity index (χ4v) is 2.57. The van der Waals surface area contributed by atoms with Crippen molar-refractivity contribution in [2.24, 2.45) is 5.92 Å². The van der Waals surface area contributed by atoms with E-state index in [0.29, 0.717) is 6.42 Å². The molecule has 1 fully saturated rings. The molecule has 1 aliphatic carbocycles. The Labute approximate surface area is 94.1 Å². The molecule has 0 saturated heterocycles. The van der Waals surface area contributed by atoms with E-state index < -0.39 is 17.2 Å². The number of hydrogen-bond donors (Lipinski definition) is 1. The van der Waals surface area contributed by atoms with Gasteiger partial charge in [-0.25, -0.2) is 8.78 Å². The van der Waals surface area contributed by atoms with Crippen LogP contribution in [-0.4, -0.2) is 5.11 Å². The molecule has 1 N–H and O–H groups in total. The van der Waals surface area contributed by atoms with Gasteiger partial charge in [0, 0.05) is 5.56 Å². The Hall–Kier alpha value is -0.960. The first kappa shape index (κ1) is 11.5. The van der Waals surface area contributed by atoms with E-state index in [1.807, 2.05) is 6.92 Å². The zero-order valence-electron chi connectivity index (χ0n) is 9.34. The molecular weight excluding hydrogens is 210 g/mol. The average Bonchev–Trinajstić information content (AvgIpc) is 2.26. The molecule has 88 valence electrons. The van der Waals surface area contributed by atoms with Crippen LogP contribution in [0, 0.1) is 17.6 Å². The van der Waals surface area contributed by atoms with Crippen molar-refractivity contribution in [3.8, 4) is 0 Å². The first-order chi connectivity index (χ1) is 7.55. The van der Waals surface area contributed by atoms with Gasteiger partial charge in [0.2, 0.25) is 0 Å². The number of rotatable bonds is 1. The molecule has 0 bridgehead atoms. The van der Waals surface area contributed by atoms with Gasteiger partial charge in [-0.3, -0.25) is 0 Å². The van der Waals surface area contributed by atoms with E-state index in [4.69, 9.17) is 0 Å². The summed E-state index contributed by atoms with van der Waals surface area (Å²) < 4.78 is 26.8. The molecule has 16 heavy (non-hydrogen) atoms. The quantitative estimate of drug-likeness (QED) is 0.778. The Morgan fingerprint density at radius 1 is 1.31 bits per heavy atom. The summed E-state index contributed by atoms with van der Waals surface area (Å²) in [4.78, 5) is 0. The molecular formula is C13H16F2O. The Kier molecular flexibility index (Phi) is 2.98. The second kappa shape index (κ2) is 4.13. The number of benzene rings is 1. The minimum absolute atomic E-state index is 0.0300. The third-order valence-electron chi connectivity index (χ3n) is 3.68. The smallest absolute Gasteiger partial charge is 0.164 e. The van der Waals surface area contributed by atoms with Crippen molar-refractivity contribution in [3.63, 3.8) is 0 Å². The van der Waals surface area contributed by atoms with Crippen molar-refractivity contribution in [1.82, 2.24) is 0 Å². The van der Waals surface area contributed by atoms with Crippen LogP contribution in [0.25, 0.3) is 0 Å². The number of aliphatic hydroxyl groups is 1. The van der Waals surface area contributed by atoms with Crippen LogP contribution in [0.2, 0.25) is 0 Å². The van der Waals surface area contributed by atoms with E-state index in [0.717, 1.165) is 25.3 Å². The van der Waals surface area contributed by atoms with Crippen LogP contribution < -0.4 is 0 Å². The lowest BCUT2D eigenvalue weighted by molar-refractivity contribution is -0.0500. The first-order valence-corrected chi connectivity index (χ1v) is 5.72. The molecule has 1 aliphatic rings. The highest BCUT2D eigenvalue weighted by atomic mass is 19.2. The predicted octanol–water partition coefficient (Wildman–Crippen LogP) is 3.36. The van der Waals surface area contributed by atoms with Gasteiger partial charge in [-0.2, -0.15) is 0 Å². The Balaban J connectivity index is 2.45. The van der Waals surface area contributed by atoms with E-state index in [1.165, 1.54) is 12.1 Å². The van der Waals surface area contributed by atoms with Gasteiger partial charge >= 0.3 is 0 Å². The van der Waals surface area contributed by atoms with E-state index in [-0.39, 0.29) is 11.5 Å². The summed E-state index contributed by atoms with van der Waals surface area (Å²) in [5.41, 5.74) is -1.09. The van der Waals surface area contributed by atoms with Gasteiger partial charge in [-0.05, 0) is 24.8 Å². The van der Waals surface area contributed by atoms with Gasteiger partial charge in [-0.15, -0.1) is 0 Å². The highest BCUT2D eigenvalue weighted by Crippen LogP contribution is 2.42. The first-order valence-electron chi connectivity index (χ1n) is 5.72. The van der Waals surface area contributed by atoms with Crippen LogP contribution in [0.3, 0.4) is 0 Å². The summed E-state index contributed by atoms with van der Waals surface area (Å²) in [6, 6.07) is 4.02. The monoisotopic (exact) mass is 226 g/mol. The summed E-state index contributed by atoms with van der Waals surface area (Å²) >= 11 is 0. The van der Waals surface area contributed by atoms with E-state index in [9.17, 15) is 13.9 Å². The summed E-state index contributed by atoms with van der Waals surface area (Å²) in [5.74, 6) is -1.82. The average molecular weight is 226 g/mol. The highest BCUT2D eigenvalue weighted by Gasteiger charge is 2.40. The molecule has 2 atom stereocenters. The van der Waals surface area contributed by atoms with Gasteiger partial charge in [0.15, 0.2) is 11.6 Å². The van der Waals surface area contributed by atoms with Crippen molar-refractivity contribution >= 4 is 0 Å². The largest absolute Gasteiger partial charge is 0.385 e. The number of hydrogen-bond acceptors (Lipinski definition) is 1. The maximum Gasteiger partial charge on any atom is 0.164 e. The van der Waals surface area contributed by atoms with Crippen molar-refractivity contribution in [2.75, 3.05) is 0 Å². The van der Waals surface area contributed by atoms with Crippen LogP contribution in [0.5, 0.6) is 0 Å². The molecule has 2 unspecified atom stereocenters. The maximum absolute atomic E-state index is 13.7. The summed E-state index contributed by atoms with van der Waals surface area (Å²) in [7, 11) is 0. The fourth-order valence-electron chi connectivity index (χ4n) is 2.57. The molecule has 0 amide bonds. The van der Waals surface area contributed by atoms with Crippen molar-refractivity contribution in [1.29, 1.82) is 0 Å². The van der Waals surface area contributed by atoms with Crippen LogP contribution in [0.1, 0.15) is 38.2 Å². The van der Waals surface area contributed by atoms with Crippen LogP contribution >= 0.6 is 0 Å². The lowest BCUT2D eigenvalue weighted by Crippen LogP contribution is -2.37. The van der Waals surface area contributed by atoms with Crippen LogP contribution in [0.15, 0.2) is 18.2 Å². The van der Waals surface area contributed by atoms with Gasteiger partial charge in [0.25, 0.3) is 0 Å². The third kappa shape index (κ3) is 1.73. The van der Waals surface area contributed by atoms with Gasteiger partial charge in [-0.1, -0.05) is 31.9 Å². The summed E-state index contributed by atoms with van der Waals surface area (Å²) in [6.07, 6.45) is 3.26. The third-order valence-corrected chi connectivity index (χ3v) is 3.68. The predicted molar refractivity (Wildman–Crippen MR) is 57.9 cm³/mol. The molecule has 0 aliphatic heterocycles. The molecule has 0 spiro atoms. The zero-order valence-corrected chi connectivity index (χ0v) is 9.34. The van der Waals surface area contributed by atoms with Gasteiger partial charge in [0.1, 0.15) is 0 Å². The lowest BCUT2D eigenvalue weighted by Gasteiger charge is -2.38. The minimum Gasteiger partial charge on any atom is -0.385 e. The Bertz CT molecular complexity index is 392. The van der Waals surface area contributed by atoms with Crippen molar-refractivity contribution < 1.29 is 13.9 Å². The normalized spacial score (nSPS) is 30.4.